The van der Waals surface area contributed by atoms with Crippen molar-refractivity contribution in [3.63, 3.8) is 0 Å². The van der Waals surface area contributed by atoms with Crippen LogP contribution in [-0.4, -0.2) is 32.3 Å². The first kappa shape index (κ1) is 12.8. The van der Waals surface area contributed by atoms with Crippen LogP contribution in [0.5, 0.6) is 0 Å². The van der Waals surface area contributed by atoms with Crippen LogP contribution < -0.4 is 0 Å². The van der Waals surface area contributed by atoms with Gasteiger partial charge in [0.25, 0.3) is 0 Å². The molecular weight excluding hydrogens is 252 g/mol. The molecule has 2 aromatic rings. The van der Waals surface area contributed by atoms with E-state index in [-0.39, 0.29) is 11.9 Å². The average Bonchev–Trinajstić information content (AvgIpc) is 3.01. The third-order valence-corrected chi connectivity index (χ3v) is 3.75. The molecule has 0 aliphatic carbocycles. The van der Waals surface area contributed by atoms with Gasteiger partial charge in [0.1, 0.15) is 0 Å². The van der Waals surface area contributed by atoms with E-state index in [1.165, 1.54) is 0 Å². The van der Waals surface area contributed by atoms with Crippen LogP contribution in [-0.2, 0) is 11.2 Å². The number of amides is 1. The number of hydrogen-bond donors (Lipinski definition) is 1. The summed E-state index contributed by atoms with van der Waals surface area (Å²) in [6.07, 6.45) is 8.69. The molecule has 0 spiro atoms. The summed E-state index contributed by atoms with van der Waals surface area (Å²) in [6.45, 7) is 0.814. The van der Waals surface area contributed by atoms with Crippen molar-refractivity contribution in [1.29, 1.82) is 0 Å². The molecule has 104 valence electrons. The highest BCUT2D eigenvalue weighted by Crippen LogP contribution is 2.29. The number of piperidine rings is 1. The molecule has 0 aromatic carbocycles. The molecule has 5 heteroatoms. The zero-order valence-corrected chi connectivity index (χ0v) is 11.3. The number of rotatable bonds is 3. The molecule has 1 N–H and O–H groups in total. The zero-order chi connectivity index (χ0) is 13.8. The fourth-order valence-corrected chi connectivity index (χ4v) is 2.76. The number of pyridine rings is 1. The van der Waals surface area contributed by atoms with Crippen molar-refractivity contribution >= 4 is 5.91 Å². The van der Waals surface area contributed by atoms with Gasteiger partial charge < -0.3 is 9.88 Å². The van der Waals surface area contributed by atoms with Gasteiger partial charge in [-0.2, -0.15) is 0 Å². The zero-order valence-electron chi connectivity index (χ0n) is 11.3. The van der Waals surface area contributed by atoms with Gasteiger partial charge in [-0.05, 0) is 31.4 Å². The molecule has 0 bridgehead atoms. The standard InChI is InChI=1S/C15H18N4O/c20-15(9-12-10-16-11-18-12)19-8-4-2-6-14(19)13-5-1-3-7-17-13/h1,3,5,7,10-11,14H,2,4,6,8-9H2,(H,16,18)/t14-/m1/s1. The lowest BCUT2D eigenvalue weighted by molar-refractivity contribution is -0.134. The molecule has 1 fully saturated rings. The maximum Gasteiger partial charge on any atom is 0.229 e. The number of imidazole rings is 1. The van der Waals surface area contributed by atoms with Gasteiger partial charge in [0, 0.05) is 24.6 Å². The summed E-state index contributed by atoms with van der Waals surface area (Å²) in [5.74, 6) is 0.143. The Balaban J connectivity index is 1.77. The van der Waals surface area contributed by atoms with E-state index >= 15 is 0 Å². The third-order valence-electron chi connectivity index (χ3n) is 3.75. The van der Waals surface area contributed by atoms with Crippen LogP contribution in [0.1, 0.15) is 36.7 Å². The minimum Gasteiger partial charge on any atom is -0.348 e. The quantitative estimate of drug-likeness (QED) is 0.929. The van der Waals surface area contributed by atoms with E-state index in [2.05, 4.69) is 15.0 Å². The van der Waals surface area contributed by atoms with E-state index in [9.17, 15) is 4.79 Å². The summed E-state index contributed by atoms with van der Waals surface area (Å²) in [6, 6.07) is 6.00. The highest BCUT2D eigenvalue weighted by molar-refractivity contribution is 5.78. The number of H-pyrrole nitrogens is 1. The Kier molecular flexibility index (Phi) is 3.76. The summed E-state index contributed by atoms with van der Waals surface area (Å²) < 4.78 is 0. The molecule has 1 aliphatic heterocycles. The second-order valence-corrected chi connectivity index (χ2v) is 5.11. The number of nitrogens with one attached hydrogen (secondary N) is 1. The molecule has 0 unspecified atom stereocenters. The molecule has 0 saturated carbocycles. The monoisotopic (exact) mass is 270 g/mol. The second kappa shape index (κ2) is 5.86. The number of aromatic nitrogens is 3. The average molecular weight is 270 g/mol. The van der Waals surface area contributed by atoms with Crippen molar-refractivity contribution in [3.05, 3.63) is 48.3 Å². The van der Waals surface area contributed by atoms with E-state index in [1.807, 2.05) is 23.1 Å². The first-order valence-corrected chi connectivity index (χ1v) is 7.02. The Labute approximate surface area is 118 Å². The third kappa shape index (κ3) is 2.71. The van der Waals surface area contributed by atoms with E-state index in [0.29, 0.717) is 6.42 Å². The molecule has 1 atom stereocenters. The minimum atomic E-state index is 0.111. The highest BCUT2D eigenvalue weighted by atomic mass is 16.2. The topological polar surface area (TPSA) is 61.9 Å². The SMILES string of the molecule is O=C(Cc1cnc[nH]1)N1CCCC[C@@H]1c1ccccn1. The van der Waals surface area contributed by atoms with Gasteiger partial charge in [-0.1, -0.05) is 6.07 Å². The largest absolute Gasteiger partial charge is 0.348 e. The summed E-state index contributed by atoms with van der Waals surface area (Å²) in [5.41, 5.74) is 1.85. The van der Waals surface area contributed by atoms with E-state index in [4.69, 9.17) is 0 Å². The molecule has 0 radical (unpaired) electrons. The smallest absolute Gasteiger partial charge is 0.229 e. The van der Waals surface area contributed by atoms with Crippen LogP contribution in [0.3, 0.4) is 0 Å². The van der Waals surface area contributed by atoms with Crippen LogP contribution in [0.2, 0.25) is 0 Å². The van der Waals surface area contributed by atoms with Gasteiger partial charge in [0.2, 0.25) is 5.91 Å². The molecule has 1 aliphatic rings. The van der Waals surface area contributed by atoms with Gasteiger partial charge in [-0.25, -0.2) is 4.98 Å². The van der Waals surface area contributed by atoms with Crippen molar-refractivity contribution in [2.75, 3.05) is 6.54 Å². The first-order valence-electron chi connectivity index (χ1n) is 7.02. The number of carbonyl (C=O) groups excluding carboxylic acids is 1. The summed E-state index contributed by atoms with van der Waals surface area (Å²) >= 11 is 0. The molecular formula is C15H18N4O. The molecule has 5 nitrogen and oxygen atoms in total. The van der Waals surface area contributed by atoms with Gasteiger partial charge in [0.15, 0.2) is 0 Å². The van der Waals surface area contributed by atoms with Crippen LogP contribution in [0.15, 0.2) is 36.9 Å². The van der Waals surface area contributed by atoms with E-state index in [1.54, 1.807) is 18.7 Å². The maximum atomic E-state index is 12.5. The molecule has 3 heterocycles. The first-order chi connectivity index (χ1) is 9.84. The van der Waals surface area contributed by atoms with Crippen LogP contribution in [0, 0.1) is 0 Å². The van der Waals surface area contributed by atoms with Gasteiger partial charge in [-0.3, -0.25) is 9.78 Å². The predicted molar refractivity (Wildman–Crippen MR) is 74.8 cm³/mol. The Morgan fingerprint density at radius 1 is 1.40 bits per heavy atom. The molecule has 1 amide bonds. The number of carbonyl (C=O) groups is 1. The summed E-state index contributed by atoms with van der Waals surface area (Å²) in [5, 5.41) is 0. The van der Waals surface area contributed by atoms with Crippen LogP contribution >= 0.6 is 0 Å². The number of nitrogens with zero attached hydrogens (tertiary/aromatic N) is 3. The molecule has 1 saturated heterocycles. The van der Waals surface area contributed by atoms with Gasteiger partial charge in [0.05, 0.1) is 24.5 Å². The highest BCUT2D eigenvalue weighted by Gasteiger charge is 2.28. The normalized spacial score (nSPS) is 19.0. The fourth-order valence-electron chi connectivity index (χ4n) is 2.76. The second-order valence-electron chi connectivity index (χ2n) is 5.11. The predicted octanol–water partition coefficient (Wildman–Crippen LogP) is 2.10. The van der Waals surface area contributed by atoms with E-state index in [0.717, 1.165) is 37.2 Å². The Bertz CT molecular complexity index is 553. The minimum absolute atomic E-state index is 0.111. The number of likely N-dealkylation sites (tertiary alicyclic amines) is 1. The van der Waals surface area contributed by atoms with Crippen LogP contribution in [0.4, 0.5) is 0 Å². The summed E-state index contributed by atoms with van der Waals surface area (Å²) in [4.78, 5) is 25.8. The lowest BCUT2D eigenvalue weighted by atomic mass is 9.98. The lowest BCUT2D eigenvalue weighted by Gasteiger charge is -2.35. The van der Waals surface area contributed by atoms with Gasteiger partial charge in [-0.15, -0.1) is 0 Å². The van der Waals surface area contributed by atoms with E-state index < -0.39 is 0 Å². The van der Waals surface area contributed by atoms with Crippen molar-refractivity contribution in [2.24, 2.45) is 0 Å². The van der Waals surface area contributed by atoms with Gasteiger partial charge >= 0.3 is 0 Å². The Morgan fingerprint density at radius 3 is 3.10 bits per heavy atom. The lowest BCUT2D eigenvalue weighted by Crippen LogP contribution is -2.39. The Hall–Kier alpha value is -2.17. The number of aromatic amines is 1. The Morgan fingerprint density at radius 2 is 2.35 bits per heavy atom. The van der Waals surface area contributed by atoms with Crippen molar-refractivity contribution < 1.29 is 4.79 Å². The van der Waals surface area contributed by atoms with Crippen molar-refractivity contribution in [1.82, 2.24) is 19.9 Å². The molecule has 3 rings (SSSR count). The molecule has 20 heavy (non-hydrogen) atoms. The van der Waals surface area contributed by atoms with Crippen LogP contribution in [0.25, 0.3) is 0 Å². The molecule has 2 aromatic heterocycles. The van der Waals surface area contributed by atoms with Crippen molar-refractivity contribution in [3.8, 4) is 0 Å². The number of hydrogen-bond acceptors (Lipinski definition) is 3. The van der Waals surface area contributed by atoms with Crippen molar-refractivity contribution in [2.45, 2.75) is 31.7 Å². The maximum absolute atomic E-state index is 12.5. The summed E-state index contributed by atoms with van der Waals surface area (Å²) in [7, 11) is 0. The fraction of sp³-hybridized carbons (Fsp3) is 0.400.